The number of nitrogens with zero attached hydrogens (tertiary/aromatic N) is 2. The minimum absolute atomic E-state index is 0.174. The van der Waals surface area contributed by atoms with Crippen LogP contribution in [0, 0.1) is 0 Å². The predicted octanol–water partition coefficient (Wildman–Crippen LogP) is 2.77. The zero-order valence-corrected chi connectivity index (χ0v) is 11.9. The van der Waals surface area contributed by atoms with Crippen molar-refractivity contribution in [2.24, 2.45) is 0 Å². The Labute approximate surface area is 128 Å². The van der Waals surface area contributed by atoms with Gasteiger partial charge in [0.15, 0.2) is 0 Å². The van der Waals surface area contributed by atoms with Crippen LogP contribution in [-0.4, -0.2) is 15.5 Å². The van der Waals surface area contributed by atoms with Crippen LogP contribution in [0.4, 0.5) is 11.4 Å². The molecule has 5 heteroatoms. The molecule has 0 aliphatic carbocycles. The average Bonchev–Trinajstić information content (AvgIpc) is 3.03. The van der Waals surface area contributed by atoms with Crippen LogP contribution in [0.25, 0.3) is 0 Å². The minimum atomic E-state index is -0.174. The highest BCUT2D eigenvalue weighted by atomic mass is 16.1. The number of nitrogens with two attached hydrogens (primary N) is 1. The number of amides is 1. The van der Waals surface area contributed by atoms with Crippen LogP contribution >= 0.6 is 0 Å². The molecule has 0 fully saturated rings. The Morgan fingerprint density at radius 2 is 1.91 bits per heavy atom. The first-order chi connectivity index (χ1) is 10.7. The summed E-state index contributed by atoms with van der Waals surface area (Å²) in [6, 6.07) is 14.7. The van der Waals surface area contributed by atoms with Gasteiger partial charge in [0.2, 0.25) is 0 Å². The lowest BCUT2D eigenvalue weighted by Crippen LogP contribution is -2.13. The molecule has 0 bridgehead atoms. The molecule has 110 valence electrons. The first-order valence-corrected chi connectivity index (χ1v) is 6.93. The molecule has 0 aliphatic rings. The number of benzene rings is 2. The van der Waals surface area contributed by atoms with Crippen molar-refractivity contribution in [2.75, 3.05) is 11.1 Å². The van der Waals surface area contributed by atoms with Crippen molar-refractivity contribution in [3.8, 4) is 0 Å². The van der Waals surface area contributed by atoms with E-state index >= 15 is 0 Å². The van der Waals surface area contributed by atoms with Crippen molar-refractivity contribution >= 4 is 17.3 Å². The fourth-order valence-electron chi connectivity index (χ4n) is 2.16. The zero-order valence-electron chi connectivity index (χ0n) is 11.9. The monoisotopic (exact) mass is 292 g/mol. The van der Waals surface area contributed by atoms with E-state index in [-0.39, 0.29) is 5.91 Å². The second-order valence-corrected chi connectivity index (χ2v) is 4.97. The van der Waals surface area contributed by atoms with E-state index in [9.17, 15) is 4.79 Å². The Bertz CT molecular complexity index is 764. The summed E-state index contributed by atoms with van der Waals surface area (Å²) in [7, 11) is 0. The number of aromatic nitrogens is 2. The second kappa shape index (κ2) is 6.13. The van der Waals surface area contributed by atoms with Crippen molar-refractivity contribution in [1.82, 2.24) is 9.55 Å². The molecule has 0 saturated heterocycles. The quantitative estimate of drug-likeness (QED) is 0.726. The maximum Gasteiger partial charge on any atom is 0.255 e. The molecule has 0 radical (unpaired) electrons. The van der Waals surface area contributed by atoms with E-state index in [1.165, 1.54) is 0 Å². The Balaban J connectivity index is 1.70. The van der Waals surface area contributed by atoms with Gasteiger partial charge in [0.1, 0.15) is 0 Å². The summed E-state index contributed by atoms with van der Waals surface area (Å²) < 4.78 is 1.97. The van der Waals surface area contributed by atoms with Gasteiger partial charge in [-0.1, -0.05) is 24.3 Å². The van der Waals surface area contributed by atoms with Gasteiger partial charge in [-0.3, -0.25) is 4.79 Å². The fraction of sp³-hybridized carbons (Fsp3) is 0.0588. The molecule has 3 aromatic rings. The van der Waals surface area contributed by atoms with Gasteiger partial charge < -0.3 is 15.6 Å². The third kappa shape index (κ3) is 3.15. The molecule has 5 nitrogen and oxygen atoms in total. The summed E-state index contributed by atoms with van der Waals surface area (Å²) in [5.74, 6) is -0.174. The highest BCUT2D eigenvalue weighted by molar-refractivity contribution is 6.05. The van der Waals surface area contributed by atoms with E-state index in [1.54, 1.807) is 36.8 Å². The van der Waals surface area contributed by atoms with E-state index in [1.807, 2.05) is 35.0 Å². The van der Waals surface area contributed by atoms with Crippen LogP contribution in [0.3, 0.4) is 0 Å². The molecule has 1 aromatic heterocycles. The number of nitrogens with one attached hydrogen (secondary N) is 1. The summed E-state index contributed by atoms with van der Waals surface area (Å²) >= 11 is 0. The summed E-state index contributed by atoms with van der Waals surface area (Å²) in [5, 5.41) is 2.81. The average molecular weight is 292 g/mol. The number of hydrogen-bond donors (Lipinski definition) is 2. The van der Waals surface area contributed by atoms with Crippen LogP contribution in [0.5, 0.6) is 0 Å². The van der Waals surface area contributed by atoms with Crippen molar-refractivity contribution < 1.29 is 4.79 Å². The molecule has 0 unspecified atom stereocenters. The van der Waals surface area contributed by atoms with Gasteiger partial charge in [0.25, 0.3) is 5.91 Å². The van der Waals surface area contributed by atoms with Crippen LogP contribution in [-0.2, 0) is 6.54 Å². The number of anilines is 2. The van der Waals surface area contributed by atoms with Gasteiger partial charge in [-0.25, -0.2) is 4.98 Å². The number of nitrogen functional groups attached to an aromatic ring is 1. The molecule has 3 rings (SSSR count). The largest absolute Gasteiger partial charge is 0.397 e. The number of hydrogen-bond acceptors (Lipinski definition) is 3. The van der Waals surface area contributed by atoms with Crippen LogP contribution < -0.4 is 11.1 Å². The Morgan fingerprint density at radius 3 is 2.59 bits per heavy atom. The van der Waals surface area contributed by atoms with Gasteiger partial charge in [0.05, 0.1) is 17.7 Å². The first kappa shape index (κ1) is 13.9. The second-order valence-electron chi connectivity index (χ2n) is 4.97. The van der Waals surface area contributed by atoms with Gasteiger partial charge in [-0.2, -0.15) is 0 Å². The van der Waals surface area contributed by atoms with E-state index in [0.717, 1.165) is 12.1 Å². The van der Waals surface area contributed by atoms with Crippen molar-refractivity contribution in [3.05, 3.63) is 78.4 Å². The molecular weight excluding hydrogens is 276 g/mol. The van der Waals surface area contributed by atoms with Crippen molar-refractivity contribution in [3.63, 3.8) is 0 Å². The lowest BCUT2D eigenvalue weighted by molar-refractivity contribution is 0.102. The van der Waals surface area contributed by atoms with E-state index in [0.29, 0.717) is 16.9 Å². The highest BCUT2D eigenvalue weighted by Crippen LogP contribution is 2.18. The first-order valence-electron chi connectivity index (χ1n) is 6.93. The van der Waals surface area contributed by atoms with Gasteiger partial charge in [-0.15, -0.1) is 0 Å². The van der Waals surface area contributed by atoms with Crippen LogP contribution in [0.15, 0.2) is 67.3 Å². The molecular formula is C17H16N4O. The Hall–Kier alpha value is -3.08. The number of para-hydroxylation sites is 2. The number of rotatable bonds is 4. The minimum Gasteiger partial charge on any atom is -0.397 e. The lowest BCUT2D eigenvalue weighted by Gasteiger charge is -2.08. The predicted molar refractivity (Wildman–Crippen MR) is 86.6 cm³/mol. The maximum atomic E-state index is 12.2. The maximum absolute atomic E-state index is 12.2. The fourth-order valence-corrected chi connectivity index (χ4v) is 2.16. The third-order valence-corrected chi connectivity index (χ3v) is 3.35. The molecule has 1 amide bonds. The SMILES string of the molecule is Nc1ccccc1NC(=O)c1ccc(Cn2ccnc2)cc1. The standard InChI is InChI=1S/C17H16N4O/c18-15-3-1-2-4-16(15)20-17(22)14-7-5-13(6-8-14)11-21-10-9-19-12-21/h1-10,12H,11,18H2,(H,20,22). The molecule has 0 spiro atoms. The molecule has 1 heterocycles. The summed E-state index contributed by atoms with van der Waals surface area (Å²) in [4.78, 5) is 16.2. The molecule has 2 aromatic carbocycles. The van der Waals surface area contributed by atoms with Crippen molar-refractivity contribution in [1.29, 1.82) is 0 Å². The summed E-state index contributed by atoms with van der Waals surface area (Å²) in [6.45, 7) is 0.730. The van der Waals surface area contributed by atoms with Gasteiger partial charge in [-0.05, 0) is 29.8 Å². The Morgan fingerprint density at radius 1 is 1.14 bits per heavy atom. The number of carbonyl (C=O) groups is 1. The van der Waals surface area contributed by atoms with Crippen LogP contribution in [0.1, 0.15) is 15.9 Å². The molecule has 0 saturated carbocycles. The van der Waals surface area contributed by atoms with E-state index in [4.69, 9.17) is 5.73 Å². The number of carbonyl (C=O) groups excluding carboxylic acids is 1. The summed E-state index contributed by atoms with van der Waals surface area (Å²) in [6.07, 6.45) is 5.41. The van der Waals surface area contributed by atoms with Crippen LogP contribution in [0.2, 0.25) is 0 Å². The summed E-state index contributed by atoms with van der Waals surface area (Å²) in [5.41, 5.74) is 8.69. The third-order valence-electron chi connectivity index (χ3n) is 3.35. The molecule has 0 atom stereocenters. The Kier molecular flexibility index (Phi) is 3.87. The smallest absolute Gasteiger partial charge is 0.255 e. The van der Waals surface area contributed by atoms with Gasteiger partial charge >= 0.3 is 0 Å². The van der Waals surface area contributed by atoms with Gasteiger partial charge in [0, 0.05) is 24.5 Å². The lowest BCUT2D eigenvalue weighted by atomic mass is 10.1. The highest BCUT2D eigenvalue weighted by Gasteiger charge is 2.07. The van der Waals surface area contributed by atoms with Crippen molar-refractivity contribution in [2.45, 2.75) is 6.54 Å². The molecule has 22 heavy (non-hydrogen) atoms. The molecule has 0 aliphatic heterocycles. The van der Waals surface area contributed by atoms with E-state index < -0.39 is 0 Å². The zero-order chi connectivity index (χ0) is 15.4. The van der Waals surface area contributed by atoms with E-state index in [2.05, 4.69) is 10.3 Å². The number of imidazole rings is 1. The normalized spacial score (nSPS) is 10.4. The topological polar surface area (TPSA) is 72.9 Å². The molecule has 3 N–H and O–H groups in total.